The molecule has 0 bridgehead atoms. The van der Waals surface area contributed by atoms with Gasteiger partial charge in [-0.2, -0.15) is 0 Å². The van der Waals surface area contributed by atoms with Crippen LogP contribution < -0.4 is 5.32 Å². The molecule has 0 saturated heterocycles. The number of nitrogens with one attached hydrogen (secondary N) is 1. The topological polar surface area (TPSA) is 12.0 Å². The van der Waals surface area contributed by atoms with Crippen LogP contribution in [0.15, 0.2) is 24.3 Å². The van der Waals surface area contributed by atoms with E-state index >= 15 is 0 Å². The van der Waals surface area contributed by atoms with E-state index in [9.17, 15) is 0 Å². The second-order valence-electron chi connectivity index (χ2n) is 3.89. The van der Waals surface area contributed by atoms with Crippen LogP contribution in [0, 0.1) is 0 Å². The number of alkyl halides is 1. The van der Waals surface area contributed by atoms with E-state index in [1.54, 1.807) is 0 Å². The normalized spacial score (nSPS) is 18.1. The molecular weight excluding hydrogens is 217 g/mol. The summed E-state index contributed by atoms with van der Waals surface area (Å²) in [5.41, 5.74) is 1.48. The lowest BCUT2D eigenvalue weighted by Gasteiger charge is -2.13. The minimum Gasteiger partial charge on any atom is -0.306 e. The van der Waals surface area contributed by atoms with Crippen LogP contribution in [0.5, 0.6) is 0 Å². The molecule has 1 aromatic rings. The van der Waals surface area contributed by atoms with E-state index in [1.807, 2.05) is 24.3 Å². The maximum Gasteiger partial charge on any atom is 0.0406 e. The first kappa shape index (κ1) is 10.3. The third-order valence-corrected chi connectivity index (χ3v) is 3.45. The van der Waals surface area contributed by atoms with Crippen molar-refractivity contribution in [3.8, 4) is 0 Å². The van der Waals surface area contributed by atoms with E-state index in [0.717, 1.165) is 11.6 Å². The Hall–Kier alpha value is -0.240. The highest BCUT2D eigenvalue weighted by Crippen LogP contribution is 2.36. The molecule has 0 radical (unpaired) electrons. The zero-order valence-electron chi connectivity index (χ0n) is 7.89. The van der Waals surface area contributed by atoms with Gasteiger partial charge in [-0.25, -0.2) is 0 Å². The summed E-state index contributed by atoms with van der Waals surface area (Å²) in [5, 5.41) is 4.26. The molecule has 0 heterocycles. The summed E-state index contributed by atoms with van der Waals surface area (Å²) >= 11 is 11.7. The number of hydrogen-bond donors (Lipinski definition) is 1. The summed E-state index contributed by atoms with van der Waals surface area (Å²) in [7, 11) is 0. The number of halogens is 2. The molecule has 1 aliphatic carbocycles. The van der Waals surface area contributed by atoms with Crippen molar-refractivity contribution in [3.05, 3.63) is 34.9 Å². The smallest absolute Gasteiger partial charge is 0.0406 e. The Balaban J connectivity index is 1.89. The van der Waals surface area contributed by atoms with Crippen LogP contribution in [0.3, 0.4) is 0 Å². The molecule has 0 aromatic heterocycles. The highest BCUT2D eigenvalue weighted by molar-refractivity contribution is 6.30. The summed E-state index contributed by atoms with van der Waals surface area (Å²) < 4.78 is 0. The Morgan fingerprint density at radius 2 is 1.86 bits per heavy atom. The van der Waals surface area contributed by atoms with Crippen molar-refractivity contribution in [1.82, 2.24) is 5.32 Å². The average Bonchev–Trinajstić information content (AvgIpc) is 2.98. The van der Waals surface area contributed by atoms with E-state index in [2.05, 4.69) is 5.32 Å². The quantitative estimate of drug-likeness (QED) is 0.783. The molecule has 1 nitrogen and oxygen atoms in total. The molecule has 3 heteroatoms. The van der Waals surface area contributed by atoms with Gasteiger partial charge in [0.15, 0.2) is 0 Å². The molecule has 1 N–H and O–H groups in total. The maximum absolute atomic E-state index is 5.86. The second-order valence-corrected chi connectivity index (χ2v) is 4.60. The summed E-state index contributed by atoms with van der Waals surface area (Å²) in [6, 6.07) is 7.91. The lowest BCUT2D eigenvalue weighted by molar-refractivity contribution is 0.543. The fraction of sp³-hybridized carbons (Fsp3) is 0.455. The Labute approximate surface area is 94.4 Å². The number of hydrogen-bond acceptors (Lipinski definition) is 1. The molecule has 1 saturated carbocycles. The first-order chi connectivity index (χ1) is 6.74. The molecule has 0 unspecified atom stereocenters. The van der Waals surface area contributed by atoms with Gasteiger partial charge >= 0.3 is 0 Å². The largest absolute Gasteiger partial charge is 0.306 e. The zero-order chi connectivity index (χ0) is 10.0. The SMILES string of the molecule is ClCC1(NCc2ccc(Cl)cc2)CC1. The van der Waals surface area contributed by atoms with Gasteiger partial charge in [0.25, 0.3) is 0 Å². The lowest BCUT2D eigenvalue weighted by atomic mass is 10.2. The van der Waals surface area contributed by atoms with Crippen LogP contribution in [-0.4, -0.2) is 11.4 Å². The van der Waals surface area contributed by atoms with Gasteiger partial charge in [0.05, 0.1) is 0 Å². The maximum atomic E-state index is 5.86. The van der Waals surface area contributed by atoms with Crippen molar-refractivity contribution >= 4 is 23.2 Å². The molecule has 2 rings (SSSR count). The fourth-order valence-corrected chi connectivity index (χ4v) is 1.89. The zero-order valence-corrected chi connectivity index (χ0v) is 9.41. The molecule has 14 heavy (non-hydrogen) atoms. The van der Waals surface area contributed by atoms with E-state index < -0.39 is 0 Å². The third kappa shape index (κ3) is 2.41. The molecule has 1 aromatic carbocycles. The van der Waals surface area contributed by atoms with Gasteiger partial charge in [-0.3, -0.25) is 0 Å². The van der Waals surface area contributed by atoms with Gasteiger partial charge in [0, 0.05) is 23.0 Å². The molecule has 1 fully saturated rings. The van der Waals surface area contributed by atoms with Crippen LogP contribution in [0.4, 0.5) is 0 Å². The van der Waals surface area contributed by atoms with Crippen LogP contribution in [0.1, 0.15) is 18.4 Å². The van der Waals surface area contributed by atoms with Crippen LogP contribution >= 0.6 is 23.2 Å². The molecule has 0 amide bonds. The van der Waals surface area contributed by atoms with Crippen molar-refractivity contribution in [1.29, 1.82) is 0 Å². The third-order valence-electron chi connectivity index (χ3n) is 2.69. The van der Waals surface area contributed by atoms with Gasteiger partial charge in [0.2, 0.25) is 0 Å². The Kier molecular flexibility index (Phi) is 3.01. The molecule has 0 atom stereocenters. The molecule has 1 aliphatic rings. The minimum atomic E-state index is 0.223. The van der Waals surface area contributed by atoms with E-state index in [0.29, 0.717) is 5.88 Å². The predicted octanol–water partition coefficient (Wildman–Crippen LogP) is 3.20. The van der Waals surface area contributed by atoms with Gasteiger partial charge in [-0.15, -0.1) is 11.6 Å². The van der Waals surface area contributed by atoms with Gasteiger partial charge in [0.1, 0.15) is 0 Å². The Morgan fingerprint density at radius 3 is 2.36 bits per heavy atom. The van der Waals surface area contributed by atoms with Crippen molar-refractivity contribution in [2.45, 2.75) is 24.9 Å². The average molecular weight is 230 g/mol. The summed E-state index contributed by atoms with van der Waals surface area (Å²) in [5.74, 6) is 0.709. The minimum absolute atomic E-state index is 0.223. The molecule has 0 spiro atoms. The Morgan fingerprint density at radius 1 is 1.21 bits per heavy atom. The lowest BCUT2D eigenvalue weighted by Crippen LogP contribution is -2.32. The van der Waals surface area contributed by atoms with Crippen molar-refractivity contribution in [2.75, 3.05) is 5.88 Å². The monoisotopic (exact) mass is 229 g/mol. The van der Waals surface area contributed by atoms with E-state index in [-0.39, 0.29) is 5.54 Å². The van der Waals surface area contributed by atoms with Crippen molar-refractivity contribution in [2.24, 2.45) is 0 Å². The summed E-state index contributed by atoms with van der Waals surface area (Å²) in [6.45, 7) is 0.879. The van der Waals surface area contributed by atoms with Gasteiger partial charge in [-0.05, 0) is 30.5 Å². The summed E-state index contributed by atoms with van der Waals surface area (Å²) in [6.07, 6.45) is 2.40. The van der Waals surface area contributed by atoms with Gasteiger partial charge in [-0.1, -0.05) is 23.7 Å². The predicted molar refractivity (Wildman–Crippen MR) is 61.0 cm³/mol. The Bertz CT molecular complexity index is 304. The summed E-state index contributed by atoms with van der Waals surface area (Å²) in [4.78, 5) is 0. The molecule has 0 aliphatic heterocycles. The van der Waals surface area contributed by atoms with Crippen LogP contribution in [-0.2, 0) is 6.54 Å². The first-order valence-electron chi connectivity index (χ1n) is 4.80. The fourth-order valence-electron chi connectivity index (χ4n) is 1.40. The van der Waals surface area contributed by atoms with E-state index in [4.69, 9.17) is 23.2 Å². The number of rotatable bonds is 4. The molecular formula is C11H13Cl2N. The standard InChI is InChI=1S/C11H13Cl2N/c12-8-11(5-6-11)14-7-9-1-3-10(13)4-2-9/h1-4,14H,5-8H2. The second kappa shape index (κ2) is 4.09. The van der Waals surface area contributed by atoms with E-state index in [1.165, 1.54) is 18.4 Å². The van der Waals surface area contributed by atoms with Crippen LogP contribution in [0.2, 0.25) is 5.02 Å². The highest BCUT2D eigenvalue weighted by atomic mass is 35.5. The number of benzene rings is 1. The first-order valence-corrected chi connectivity index (χ1v) is 5.71. The van der Waals surface area contributed by atoms with Gasteiger partial charge < -0.3 is 5.32 Å². The van der Waals surface area contributed by atoms with Crippen LogP contribution in [0.25, 0.3) is 0 Å². The molecule has 76 valence electrons. The van der Waals surface area contributed by atoms with Crippen molar-refractivity contribution < 1.29 is 0 Å². The van der Waals surface area contributed by atoms with Crippen molar-refractivity contribution in [3.63, 3.8) is 0 Å². The highest BCUT2D eigenvalue weighted by Gasteiger charge is 2.40.